The summed E-state index contributed by atoms with van der Waals surface area (Å²) in [5, 5.41) is 5.42. The lowest BCUT2D eigenvalue weighted by molar-refractivity contribution is 0.0952. The van der Waals surface area contributed by atoms with E-state index < -0.39 is 10.8 Å². The highest BCUT2D eigenvalue weighted by Gasteiger charge is 2.11. The van der Waals surface area contributed by atoms with Crippen LogP contribution in [0, 0.1) is 0 Å². The molecule has 0 fully saturated rings. The molecule has 0 saturated heterocycles. The molecule has 2 atom stereocenters. The summed E-state index contributed by atoms with van der Waals surface area (Å²) in [6.07, 6.45) is 1.61. The van der Waals surface area contributed by atoms with Crippen molar-refractivity contribution in [2.75, 3.05) is 18.1 Å². The van der Waals surface area contributed by atoms with Crippen molar-refractivity contribution in [3.05, 3.63) is 65.7 Å². The van der Waals surface area contributed by atoms with Gasteiger partial charge in [-0.05, 0) is 43.3 Å². The topological polar surface area (TPSA) is 75.3 Å². The summed E-state index contributed by atoms with van der Waals surface area (Å²) >= 11 is 0. The molecule has 0 unspecified atom stereocenters. The van der Waals surface area contributed by atoms with Gasteiger partial charge in [-0.3, -0.25) is 13.8 Å². The summed E-state index contributed by atoms with van der Waals surface area (Å²) in [4.78, 5) is 24.2. The average molecular weight is 344 g/mol. The monoisotopic (exact) mass is 344 g/mol. The second-order valence-electron chi connectivity index (χ2n) is 5.42. The van der Waals surface area contributed by atoms with Crippen LogP contribution < -0.4 is 10.6 Å². The quantitative estimate of drug-likeness (QED) is 0.845. The molecule has 0 radical (unpaired) electrons. The van der Waals surface area contributed by atoms with Crippen molar-refractivity contribution in [1.29, 1.82) is 0 Å². The standard InChI is InChI=1S/C18H20N2O3S/c1-13(24(2)23)12-19-17(21)14-8-10-15(11-9-14)18(22)20-16-6-4-3-5-7-16/h3-11,13H,12H2,1-2H3,(H,19,21)(H,20,22)/t13-,24+/m1/s1. The molecule has 2 rings (SSSR count). The normalized spacial score (nSPS) is 12.9. The van der Waals surface area contributed by atoms with Gasteiger partial charge in [-0.25, -0.2) is 0 Å². The minimum absolute atomic E-state index is 0.107. The van der Waals surface area contributed by atoms with E-state index in [9.17, 15) is 13.8 Å². The number of hydrogen-bond donors (Lipinski definition) is 2. The summed E-state index contributed by atoms with van der Waals surface area (Å²) < 4.78 is 11.3. The van der Waals surface area contributed by atoms with Gasteiger partial charge in [0.1, 0.15) is 0 Å². The second-order valence-corrected chi connectivity index (χ2v) is 7.22. The fraction of sp³-hybridized carbons (Fsp3) is 0.222. The van der Waals surface area contributed by atoms with Crippen LogP contribution in [0.4, 0.5) is 5.69 Å². The summed E-state index contributed by atoms with van der Waals surface area (Å²) in [5.74, 6) is -0.481. The molecule has 2 aromatic rings. The third-order valence-corrected chi connectivity index (χ3v) is 4.86. The molecule has 0 heterocycles. The van der Waals surface area contributed by atoms with Crippen LogP contribution in [0.1, 0.15) is 27.6 Å². The van der Waals surface area contributed by atoms with E-state index in [-0.39, 0.29) is 17.1 Å². The molecule has 0 aliphatic heterocycles. The summed E-state index contributed by atoms with van der Waals surface area (Å²) in [5.41, 5.74) is 1.64. The van der Waals surface area contributed by atoms with Gasteiger partial charge in [-0.15, -0.1) is 0 Å². The minimum atomic E-state index is -0.980. The van der Waals surface area contributed by atoms with Gasteiger partial charge in [-0.1, -0.05) is 18.2 Å². The third-order valence-electron chi connectivity index (χ3n) is 3.56. The highest BCUT2D eigenvalue weighted by atomic mass is 32.2. The molecule has 0 bridgehead atoms. The largest absolute Gasteiger partial charge is 0.351 e. The number of nitrogens with one attached hydrogen (secondary N) is 2. The first-order valence-corrected chi connectivity index (χ1v) is 9.16. The maximum atomic E-state index is 12.1. The molecule has 24 heavy (non-hydrogen) atoms. The first kappa shape index (κ1) is 17.9. The third kappa shape index (κ3) is 5.03. The van der Waals surface area contributed by atoms with Crippen molar-refractivity contribution >= 4 is 28.3 Å². The Labute approximate surface area is 143 Å². The van der Waals surface area contributed by atoms with Crippen LogP contribution in [0.25, 0.3) is 0 Å². The Balaban J connectivity index is 1.96. The van der Waals surface area contributed by atoms with E-state index in [0.717, 1.165) is 0 Å². The molecule has 0 aromatic heterocycles. The Kier molecular flexibility index (Phi) is 6.26. The van der Waals surface area contributed by atoms with E-state index in [2.05, 4.69) is 10.6 Å². The van der Waals surface area contributed by atoms with Crippen LogP contribution in [0.15, 0.2) is 54.6 Å². The van der Waals surface area contributed by atoms with E-state index in [1.54, 1.807) is 42.7 Å². The maximum Gasteiger partial charge on any atom is 0.255 e. The Morgan fingerprint density at radius 2 is 1.50 bits per heavy atom. The van der Waals surface area contributed by atoms with Crippen LogP contribution >= 0.6 is 0 Å². The first-order valence-electron chi connectivity index (χ1n) is 7.54. The number of carbonyl (C=O) groups excluding carboxylic acids is 2. The van der Waals surface area contributed by atoms with Gasteiger partial charge < -0.3 is 10.6 Å². The molecule has 2 amide bonds. The Morgan fingerprint density at radius 1 is 0.958 bits per heavy atom. The number of hydrogen-bond acceptors (Lipinski definition) is 3. The van der Waals surface area contributed by atoms with Crippen molar-refractivity contribution in [2.24, 2.45) is 0 Å². The predicted octanol–water partition coefficient (Wildman–Crippen LogP) is 2.44. The van der Waals surface area contributed by atoms with E-state index in [1.807, 2.05) is 25.1 Å². The summed E-state index contributed by atoms with van der Waals surface area (Å²) in [6.45, 7) is 2.16. The zero-order valence-corrected chi connectivity index (χ0v) is 14.4. The SMILES string of the molecule is C[C@H](CNC(=O)c1ccc(C(=O)Nc2ccccc2)cc1)[S@](C)=O. The van der Waals surface area contributed by atoms with Gasteiger partial charge >= 0.3 is 0 Å². The Bertz CT molecular complexity index is 730. The summed E-state index contributed by atoms with van der Waals surface area (Å²) in [6, 6.07) is 15.6. The number of para-hydroxylation sites is 1. The minimum Gasteiger partial charge on any atom is -0.351 e. The van der Waals surface area contributed by atoms with Crippen molar-refractivity contribution in [3.8, 4) is 0 Å². The number of carbonyl (C=O) groups is 2. The Hall–Kier alpha value is -2.47. The number of rotatable bonds is 6. The molecule has 0 spiro atoms. The van der Waals surface area contributed by atoms with Crippen molar-refractivity contribution in [3.63, 3.8) is 0 Å². The molecular formula is C18H20N2O3S. The smallest absolute Gasteiger partial charge is 0.255 e. The fourth-order valence-corrected chi connectivity index (χ4v) is 2.27. The van der Waals surface area contributed by atoms with E-state index in [1.165, 1.54) is 0 Å². The number of amides is 2. The lowest BCUT2D eigenvalue weighted by Gasteiger charge is -2.10. The van der Waals surface area contributed by atoms with Gasteiger partial charge in [0.05, 0.1) is 0 Å². The van der Waals surface area contributed by atoms with Crippen LogP contribution in [0.2, 0.25) is 0 Å². The number of benzene rings is 2. The lowest BCUT2D eigenvalue weighted by atomic mass is 10.1. The molecule has 0 aliphatic rings. The van der Waals surface area contributed by atoms with Gasteiger partial charge in [0.25, 0.3) is 11.8 Å². The molecule has 2 N–H and O–H groups in total. The van der Waals surface area contributed by atoms with Crippen molar-refractivity contribution in [1.82, 2.24) is 5.32 Å². The predicted molar refractivity (Wildman–Crippen MR) is 96.7 cm³/mol. The Morgan fingerprint density at radius 3 is 2.04 bits per heavy atom. The fourth-order valence-electron chi connectivity index (χ4n) is 1.95. The van der Waals surface area contributed by atoms with E-state index in [4.69, 9.17) is 0 Å². The van der Waals surface area contributed by atoms with Crippen LogP contribution in [0.5, 0.6) is 0 Å². The second kappa shape index (κ2) is 8.40. The lowest BCUT2D eigenvalue weighted by Crippen LogP contribution is -2.32. The van der Waals surface area contributed by atoms with Gasteiger partial charge in [0.15, 0.2) is 0 Å². The van der Waals surface area contributed by atoms with Crippen LogP contribution in [-0.4, -0.2) is 34.1 Å². The highest BCUT2D eigenvalue weighted by Crippen LogP contribution is 2.10. The molecule has 0 aliphatic carbocycles. The summed E-state index contributed by atoms with van der Waals surface area (Å²) in [7, 11) is -0.980. The van der Waals surface area contributed by atoms with E-state index in [0.29, 0.717) is 23.4 Å². The van der Waals surface area contributed by atoms with Crippen LogP contribution in [0.3, 0.4) is 0 Å². The average Bonchev–Trinajstić information content (AvgIpc) is 2.60. The zero-order chi connectivity index (χ0) is 17.5. The van der Waals surface area contributed by atoms with Gasteiger partial charge in [-0.2, -0.15) is 0 Å². The maximum absolute atomic E-state index is 12.1. The first-order chi connectivity index (χ1) is 11.5. The molecular weight excluding hydrogens is 324 g/mol. The van der Waals surface area contributed by atoms with Gasteiger partial charge in [0, 0.05) is 45.7 Å². The molecule has 6 heteroatoms. The molecule has 2 aromatic carbocycles. The number of anilines is 1. The van der Waals surface area contributed by atoms with Gasteiger partial charge in [0.2, 0.25) is 0 Å². The zero-order valence-electron chi connectivity index (χ0n) is 13.6. The van der Waals surface area contributed by atoms with Crippen LogP contribution in [-0.2, 0) is 10.8 Å². The van der Waals surface area contributed by atoms with E-state index >= 15 is 0 Å². The highest BCUT2D eigenvalue weighted by molar-refractivity contribution is 7.84. The van der Waals surface area contributed by atoms with Crippen molar-refractivity contribution in [2.45, 2.75) is 12.2 Å². The molecule has 0 saturated carbocycles. The molecule has 126 valence electrons. The van der Waals surface area contributed by atoms with Crippen molar-refractivity contribution < 1.29 is 13.8 Å². The molecule has 5 nitrogen and oxygen atoms in total.